The summed E-state index contributed by atoms with van der Waals surface area (Å²) in [5.74, 6) is -0.457. The van der Waals surface area contributed by atoms with Crippen LogP contribution in [0.15, 0.2) is 24.3 Å². The SMILES string of the molecule is COCc1nnc(C(=O)Nc2cccc(C(=O)NC3CCCCC3)c2)s1. The van der Waals surface area contributed by atoms with Crippen LogP contribution in [0, 0.1) is 0 Å². The molecule has 1 saturated carbocycles. The summed E-state index contributed by atoms with van der Waals surface area (Å²) >= 11 is 1.18. The molecule has 1 aliphatic rings. The van der Waals surface area contributed by atoms with Crippen LogP contribution in [-0.2, 0) is 11.3 Å². The van der Waals surface area contributed by atoms with Crippen molar-refractivity contribution in [3.63, 3.8) is 0 Å². The van der Waals surface area contributed by atoms with E-state index >= 15 is 0 Å². The van der Waals surface area contributed by atoms with Crippen LogP contribution in [0.4, 0.5) is 5.69 Å². The van der Waals surface area contributed by atoms with E-state index in [0.717, 1.165) is 25.7 Å². The summed E-state index contributed by atoms with van der Waals surface area (Å²) in [6, 6.07) is 7.16. The Morgan fingerprint density at radius 2 is 2.00 bits per heavy atom. The minimum atomic E-state index is -0.352. The van der Waals surface area contributed by atoms with Gasteiger partial charge in [0.25, 0.3) is 11.8 Å². The van der Waals surface area contributed by atoms with Crippen LogP contribution in [0.5, 0.6) is 0 Å². The lowest BCUT2D eigenvalue weighted by Crippen LogP contribution is -2.36. The molecule has 0 spiro atoms. The van der Waals surface area contributed by atoms with E-state index in [0.29, 0.717) is 22.9 Å². The minimum absolute atomic E-state index is 0.105. The summed E-state index contributed by atoms with van der Waals surface area (Å²) in [5.41, 5.74) is 1.08. The van der Waals surface area contributed by atoms with Gasteiger partial charge in [-0.25, -0.2) is 0 Å². The highest BCUT2D eigenvalue weighted by molar-refractivity contribution is 7.13. The maximum atomic E-state index is 12.4. The van der Waals surface area contributed by atoms with Crippen LogP contribution in [0.3, 0.4) is 0 Å². The lowest BCUT2D eigenvalue weighted by molar-refractivity contribution is 0.0926. The predicted octanol–water partition coefficient (Wildman–Crippen LogP) is 3.00. The average molecular weight is 374 g/mol. The van der Waals surface area contributed by atoms with E-state index in [9.17, 15) is 9.59 Å². The molecule has 1 aromatic carbocycles. The van der Waals surface area contributed by atoms with Gasteiger partial charge < -0.3 is 15.4 Å². The number of aromatic nitrogens is 2. The number of hydrogen-bond acceptors (Lipinski definition) is 6. The van der Waals surface area contributed by atoms with Gasteiger partial charge >= 0.3 is 0 Å². The van der Waals surface area contributed by atoms with Crippen molar-refractivity contribution in [3.05, 3.63) is 39.8 Å². The number of ether oxygens (including phenoxy) is 1. The standard InChI is InChI=1S/C18H22N4O3S/c1-25-11-15-21-22-18(26-15)17(24)20-14-9-5-6-12(10-14)16(23)19-13-7-3-2-4-8-13/h5-6,9-10,13H,2-4,7-8,11H2,1H3,(H,19,23)(H,20,24). The summed E-state index contributed by atoms with van der Waals surface area (Å²) in [6.45, 7) is 0.321. The number of hydrogen-bond donors (Lipinski definition) is 2. The second-order valence-corrected chi connectivity index (χ2v) is 7.34. The molecule has 1 aromatic heterocycles. The van der Waals surface area contributed by atoms with Crippen LogP contribution in [0.2, 0.25) is 0 Å². The van der Waals surface area contributed by atoms with Crippen molar-refractivity contribution in [1.82, 2.24) is 15.5 Å². The first kappa shape index (κ1) is 18.5. The number of carbonyl (C=O) groups excluding carboxylic acids is 2. The van der Waals surface area contributed by atoms with Crippen LogP contribution in [-0.4, -0.2) is 35.2 Å². The molecule has 26 heavy (non-hydrogen) atoms. The molecule has 0 saturated heterocycles. The van der Waals surface area contributed by atoms with Crippen molar-refractivity contribution in [2.24, 2.45) is 0 Å². The lowest BCUT2D eigenvalue weighted by atomic mass is 9.95. The first-order chi connectivity index (χ1) is 12.7. The summed E-state index contributed by atoms with van der Waals surface area (Å²) in [5, 5.41) is 14.5. The van der Waals surface area contributed by atoms with Crippen LogP contribution < -0.4 is 10.6 Å². The number of benzene rings is 1. The number of carbonyl (C=O) groups is 2. The zero-order valence-corrected chi connectivity index (χ0v) is 15.5. The van der Waals surface area contributed by atoms with Gasteiger partial charge in [-0.2, -0.15) is 0 Å². The highest BCUT2D eigenvalue weighted by atomic mass is 32.1. The molecule has 138 valence electrons. The fourth-order valence-electron chi connectivity index (χ4n) is 2.97. The van der Waals surface area contributed by atoms with Gasteiger partial charge in [0.2, 0.25) is 5.01 Å². The van der Waals surface area contributed by atoms with Crippen molar-refractivity contribution >= 4 is 28.8 Å². The second kappa shape index (κ2) is 8.86. The summed E-state index contributed by atoms with van der Waals surface area (Å²) in [4.78, 5) is 24.7. The van der Waals surface area contributed by atoms with Gasteiger partial charge in [0.15, 0.2) is 0 Å². The molecule has 1 aliphatic carbocycles. The van der Waals surface area contributed by atoms with Gasteiger partial charge in [0.1, 0.15) is 5.01 Å². The molecular formula is C18H22N4O3S. The Balaban J connectivity index is 1.62. The number of rotatable bonds is 6. The Hall–Kier alpha value is -2.32. The zero-order chi connectivity index (χ0) is 18.4. The number of methoxy groups -OCH3 is 1. The first-order valence-electron chi connectivity index (χ1n) is 8.69. The third-order valence-electron chi connectivity index (χ3n) is 4.25. The molecule has 7 nitrogen and oxygen atoms in total. The van der Waals surface area contributed by atoms with Crippen molar-refractivity contribution < 1.29 is 14.3 Å². The maximum absolute atomic E-state index is 12.4. The number of anilines is 1. The normalized spacial score (nSPS) is 14.8. The molecule has 3 rings (SSSR count). The quantitative estimate of drug-likeness (QED) is 0.811. The van der Waals surface area contributed by atoms with E-state index in [2.05, 4.69) is 20.8 Å². The second-order valence-electron chi connectivity index (χ2n) is 6.28. The maximum Gasteiger partial charge on any atom is 0.286 e. The van der Waals surface area contributed by atoms with E-state index in [1.807, 2.05) is 0 Å². The largest absolute Gasteiger partial charge is 0.377 e. The Kier molecular flexibility index (Phi) is 6.30. The molecule has 0 aliphatic heterocycles. The fraction of sp³-hybridized carbons (Fsp3) is 0.444. The van der Waals surface area contributed by atoms with Crippen LogP contribution >= 0.6 is 11.3 Å². The van der Waals surface area contributed by atoms with Gasteiger partial charge in [0, 0.05) is 24.4 Å². The van der Waals surface area contributed by atoms with Crippen LogP contribution in [0.1, 0.15) is 57.3 Å². The number of amides is 2. The fourth-order valence-corrected chi connectivity index (χ4v) is 3.67. The molecule has 0 atom stereocenters. The Morgan fingerprint density at radius 1 is 1.19 bits per heavy atom. The molecular weight excluding hydrogens is 352 g/mol. The number of nitrogens with zero attached hydrogens (tertiary/aromatic N) is 2. The van der Waals surface area contributed by atoms with Crippen molar-refractivity contribution in [3.8, 4) is 0 Å². The minimum Gasteiger partial charge on any atom is -0.377 e. The topological polar surface area (TPSA) is 93.2 Å². The zero-order valence-electron chi connectivity index (χ0n) is 14.7. The molecule has 2 amide bonds. The van der Waals surface area contributed by atoms with E-state index in [-0.39, 0.29) is 22.9 Å². The van der Waals surface area contributed by atoms with E-state index in [4.69, 9.17) is 4.74 Å². The van der Waals surface area contributed by atoms with Crippen molar-refractivity contribution in [1.29, 1.82) is 0 Å². The highest BCUT2D eigenvalue weighted by Crippen LogP contribution is 2.19. The molecule has 1 heterocycles. The Labute approximate surface area is 156 Å². The molecule has 8 heteroatoms. The molecule has 0 bridgehead atoms. The van der Waals surface area contributed by atoms with Crippen LogP contribution in [0.25, 0.3) is 0 Å². The molecule has 1 fully saturated rings. The van der Waals surface area contributed by atoms with Gasteiger partial charge in [0.05, 0.1) is 6.61 Å². The third-order valence-corrected chi connectivity index (χ3v) is 5.15. The predicted molar refractivity (Wildman–Crippen MR) is 99.4 cm³/mol. The van der Waals surface area contributed by atoms with Gasteiger partial charge in [-0.05, 0) is 31.0 Å². The Morgan fingerprint density at radius 3 is 2.77 bits per heavy atom. The number of nitrogens with one attached hydrogen (secondary N) is 2. The first-order valence-corrected chi connectivity index (χ1v) is 9.51. The third kappa shape index (κ3) is 4.86. The van der Waals surface area contributed by atoms with Crippen molar-refractivity contribution in [2.45, 2.75) is 44.8 Å². The molecule has 0 unspecified atom stereocenters. The van der Waals surface area contributed by atoms with Gasteiger partial charge in [-0.3, -0.25) is 9.59 Å². The smallest absolute Gasteiger partial charge is 0.286 e. The van der Waals surface area contributed by atoms with E-state index in [1.54, 1.807) is 31.4 Å². The highest BCUT2D eigenvalue weighted by Gasteiger charge is 2.17. The molecule has 0 radical (unpaired) electrons. The van der Waals surface area contributed by atoms with E-state index < -0.39 is 0 Å². The van der Waals surface area contributed by atoms with Gasteiger partial charge in [-0.15, -0.1) is 10.2 Å². The van der Waals surface area contributed by atoms with E-state index in [1.165, 1.54) is 17.8 Å². The monoisotopic (exact) mass is 374 g/mol. The summed E-state index contributed by atoms with van der Waals surface area (Å²) < 4.78 is 4.98. The molecule has 2 aromatic rings. The summed E-state index contributed by atoms with van der Waals surface area (Å²) in [6.07, 6.45) is 5.62. The summed E-state index contributed by atoms with van der Waals surface area (Å²) in [7, 11) is 1.56. The van der Waals surface area contributed by atoms with Gasteiger partial charge in [-0.1, -0.05) is 36.7 Å². The Bertz CT molecular complexity index is 771. The van der Waals surface area contributed by atoms with Crippen molar-refractivity contribution in [2.75, 3.05) is 12.4 Å². The molecule has 2 N–H and O–H groups in total. The average Bonchev–Trinajstić information content (AvgIpc) is 3.12. The lowest BCUT2D eigenvalue weighted by Gasteiger charge is -2.22.